The van der Waals surface area contributed by atoms with Gasteiger partial charge in [0.1, 0.15) is 5.70 Å². The van der Waals surface area contributed by atoms with E-state index in [0.29, 0.717) is 35.0 Å². The Labute approximate surface area is 199 Å². The number of carbonyl (C=O) groups excluding carboxylic acids is 2. The van der Waals surface area contributed by atoms with Crippen LogP contribution in [0.15, 0.2) is 66.4 Å². The Morgan fingerprint density at radius 3 is 2.29 bits per heavy atom. The second-order valence-electron chi connectivity index (χ2n) is 8.54. The first-order valence-corrected chi connectivity index (χ1v) is 11.2. The lowest BCUT2D eigenvalue weighted by atomic mass is 9.99. The molecule has 0 bridgehead atoms. The first-order chi connectivity index (χ1) is 16.4. The van der Waals surface area contributed by atoms with Gasteiger partial charge >= 0.3 is 0 Å². The van der Waals surface area contributed by atoms with Crippen LogP contribution >= 0.6 is 0 Å². The van der Waals surface area contributed by atoms with E-state index in [1.54, 1.807) is 25.3 Å². The molecule has 0 aromatic heterocycles. The van der Waals surface area contributed by atoms with Gasteiger partial charge in [0.2, 0.25) is 0 Å². The number of hydrogen-bond donors (Lipinski definition) is 0. The normalized spacial score (nSPS) is 15.3. The first kappa shape index (κ1) is 21.8. The number of ether oxygens (including phenoxy) is 2. The quantitative estimate of drug-likeness (QED) is 0.525. The number of amides is 2. The fraction of sp³-hybridized carbons (Fsp3) is 0.214. The lowest BCUT2D eigenvalue weighted by molar-refractivity contribution is -0.120. The van der Waals surface area contributed by atoms with Crippen LogP contribution in [0, 0.1) is 13.8 Å². The third-order valence-corrected chi connectivity index (χ3v) is 6.64. The smallest absolute Gasteiger partial charge is 0.282 e. The van der Waals surface area contributed by atoms with Crippen LogP contribution in [-0.2, 0) is 16.0 Å². The summed E-state index contributed by atoms with van der Waals surface area (Å²) >= 11 is 0. The molecule has 0 unspecified atom stereocenters. The number of benzene rings is 3. The van der Waals surface area contributed by atoms with E-state index in [2.05, 4.69) is 6.07 Å². The Morgan fingerprint density at radius 2 is 1.56 bits per heavy atom. The molecule has 172 valence electrons. The monoisotopic (exact) mass is 454 g/mol. The number of methoxy groups -OCH3 is 2. The molecule has 0 fully saturated rings. The Kier molecular flexibility index (Phi) is 5.36. The largest absolute Gasteiger partial charge is 0.493 e. The SMILES string of the molecule is COc1ccc(N2C(=O)C(c3ccc(C)c(C)c3)=C(N3CCc4ccccc43)C2=O)cc1OC. The molecule has 2 amide bonds. The summed E-state index contributed by atoms with van der Waals surface area (Å²) in [5.41, 5.74) is 6.34. The van der Waals surface area contributed by atoms with Gasteiger partial charge in [-0.2, -0.15) is 0 Å². The Hall–Kier alpha value is -4.06. The minimum atomic E-state index is -0.347. The van der Waals surface area contributed by atoms with Crippen molar-refractivity contribution in [1.29, 1.82) is 0 Å². The molecule has 2 aliphatic heterocycles. The van der Waals surface area contributed by atoms with Gasteiger partial charge in [-0.15, -0.1) is 0 Å². The average molecular weight is 455 g/mol. The number of aryl methyl sites for hydroxylation is 2. The van der Waals surface area contributed by atoms with Crippen LogP contribution in [0.4, 0.5) is 11.4 Å². The van der Waals surface area contributed by atoms with Crippen molar-refractivity contribution in [2.24, 2.45) is 0 Å². The molecule has 0 saturated heterocycles. The zero-order valence-electron chi connectivity index (χ0n) is 19.7. The molecule has 0 radical (unpaired) electrons. The Bertz CT molecular complexity index is 1360. The molecule has 0 saturated carbocycles. The van der Waals surface area contributed by atoms with Crippen molar-refractivity contribution in [3.63, 3.8) is 0 Å². The topological polar surface area (TPSA) is 59.1 Å². The fourth-order valence-electron chi connectivity index (χ4n) is 4.69. The molecule has 3 aromatic carbocycles. The average Bonchev–Trinajstić information content (AvgIpc) is 3.38. The minimum absolute atomic E-state index is 0.345. The zero-order valence-corrected chi connectivity index (χ0v) is 19.7. The summed E-state index contributed by atoms with van der Waals surface area (Å²) < 4.78 is 10.8. The maximum Gasteiger partial charge on any atom is 0.282 e. The van der Waals surface area contributed by atoms with Gasteiger partial charge < -0.3 is 14.4 Å². The highest BCUT2D eigenvalue weighted by molar-refractivity contribution is 6.46. The van der Waals surface area contributed by atoms with E-state index >= 15 is 0 Å². The van der Waals surface area contributed by atoms with E-state index in [1.807, 2.05) is 55.1 Å². The lowest BCUT2D eigenvalue weighted by Gasteiger charge is -2.22. The predicted molar refractivity (Wildman–Crippen MR) is 132 cm³/mol. The van der Waals surface area contributed by atoms with Gasteiger partial charge in [0.15, 0.2) is 11.5 Å². The predicted octanol–water partition coefficient (Wildman–Crippen LogP) is 4.67. The highest BCUT2D eigenvalue weighted by Gasteiger charge is 2.44. The maximum atomic E-state index is 13.9. The first-order valence-electron chi connectivity index (χ1n) is 11.2. The molecule has 6 nitrogen and oxygen atoms in total. The number of para-hydroxylation sites is 1. The van der Waals surface area contributed by atoms with Crippen LogP contribution in [0.1, 0.15) is 22.3 Å². The summed E-state index contributed by atoms with van der Waals surface area (Å²) in [5, 5.41) is 0. The van der Waals surface area contributed by atoms with Crippen molar-refractivity contribution in [3.8, 4) is 11.5 Å². The summed E-state index contributed by atoms with van der Waals surface area (Å²) in [7, 11) is 3.08. The van der Waals surface area contributed by atoms with E-state index in [9.17, 15) is 9.59 Å². The molecule has 2 heterocycles. The standard InChI is InChI=1S/C28H26N2O4/c1-17-9-10-20(15-18(17)2)25-26(29-14-13-19-7-5-6-8-22(19)29)28(32)30(27(25)31)21-11-12-23(33-3)24(16-21)34-4/h5-12,15-16H,13-14H2,1-4H3. The number of fused-ring (bicyclic) bond motifs is 1. The van der Waals surface area contributed by atoms with Crippen LogP contribution in [-0.4, -0.2) is 32.6 Å². The number of hydrogen-bond acceptors (Lipinski definition) is 5. The summed E-state index contributed by atoms with van der Waals surface area (Å²) in [6.45, 7) is 4.68. The number of rotatable bonds is 5. The molecule has 6 heteroatoms. The van der Waals surface area contributed by atoms with Gasteiger partial charge in [-0.25, -0.2) is 4.90 Å². The zero-order chi connectivity index (χ0) is 24.0. The number of carbonyl (C=O) groups is 2. The second-order valence-corrected chi connectivity index (χ2v) is 8.54. The van der Waals surface area contributed by atoms with Crippen LogP contribution in [0.25, 0.3) is 5.57 Å². The summed E-state index contributed by atoms with van der Waals surface area (Å²) in [4.78, 5) is 31.1. The van der Waals surface area contributed by atoms with Crippen molar-refractivity contribution in [3.05, 3.63) is 88.6 Å². The number of imide groups is 1. The molecule has 0 atom stereocenters. The Balaban J connectivity index is 1.68. The van der Waals surface area contributed by atoms with E-state index < -0.39 is 0 Å². The second kappa shape index (κ2) is 8.37. The van der Waals surface area contributed by atoms with Crippen molar-refractivity contribution < 1.29 is 19.1 Å². The minimum Gasteiger partial charge on any atom is -0.493 e. The fourth-order valence-corrected chi connectivity index (χ4v) is 4.69. The van der Waals surface area contributed by atoms with Gasteiger partial charge in [-0.3, -0.25) is 9.59 Å². The molecule has 0 N–H and O–H groups in total. The van der Waals surface area contributed by atoms with Gasteiger partial charge in [0, 0.05) is 18.3 Å². The highest BCUT2D eigenvalue weighted by Crippen LogP contribution is 2.41. The van der Waals surface area contributed by atoms with E-state index in [0.717, 1.165) is 28.8 Å². The van der Waals surface area contributed by atoms with E-state index in [4.69, 9.17) is 9.47 Å². The lowest BCUT2D eigenvalue weighted by Crippen LogP contribution is -2.34. The molecular formula is C28H26N2O4. The molecule has 0 aliphatic carbocycles. The highest BCUT2D eigenvalue weighted by atomic mass is 16.5. The van der Waals surface area contributed by atoms with E-state index in [1.165, 1.54) is 17.6 Å². The third-order valence-electron chi connectivity index (χ3n) is 6.64. The summed E-state index contributed by atoms with van der Waals surface area (Å²) in [6, 6.07) is 19.0. The molecule has 3 aromatic rings. The van der Waals surface area contributed by atoms with Crippen LogP contribution in [0.2, 0.25) is 0 Å². The molecule has 0 spiro atoms. The Morgan fingerprint density at radius 1 is 0.794 bits per heavy atom. The van der Waals surface area contributed by atoms with Crippen LogP contribution in [0.5, 0.6) is 11.5 Å². The van der Waals surface area contributed by atoms with E-state index in [-0.39, 0.29) is 11.8 Å². The maximum absolute atomic E-state index is 13.9. The summed E-state index contributed by atoms with van der Waals surface area (Å²) in [5.74, 6) is 0.289. The van der Waals surface area contributed by atoms with Crippen LogP contribution < -0.4 is 19.3 Å². The number of anilines is 2. The van der Waals surface area contributed by atoms with Crippen LogP contribution in [0.3, 0.4) is 0 Å². The molecule has 34 heavy (non-hydrogen) atoms. The van der Waals surface area contributed by atoms with Gasteiger partial charge in [-0.05, 0) is 60.7 Å². The van der Waals surface area contributed by atoms with Gasteiger partial charge in [0.25, 0.3) is 11.8 Å². The number of nitrogens with zero attached hydrogens (tertiary/aromatic N) is 2. The van der Waals surface area contributed by atoms with Gasteiger partial charge in [0.05, 0.1) is 25.5 Å². The van der Waals surface area contributed by atoms with Crippen molar-refractivity contribution in [2.75, 3.05) is 30.6 Å². The molecule has 5 rings (SSSR count). The van der Waals surface area contributed by atoms with Crippen molar-refractivity contribution in [2.45, 2.75) is 20.3 Å². The summed E-state index contributed by atoms with van der Waals surface area (Å²) in [6.07, 6.45) is 0.817. The molecular weight excluding hydrogens is 428 g/mol. The third kappa shape index (κ3) is 3.34. The molecule has 2 aliphatic rings. The van der Waals surface area contributed by atoms with Crippen molar-refractivity contribution in [1.82, 2.24) is 0 Å². The van der Waals surface area contributed by atoms with Crippen molar-refractivity contribution >= 4 is 28.8 Å². The van der Waals surface area contributed by atoms with Gasteiger partial charge in [-0.1, -0.05) is 36.4 Å².